The predicted octanol–water partition coefficient (Wildman–Crippen LogP) is 2.52. The Morgan fingerprint density at radius 3 is 2.50 bits per heavy atom. The number of para-hydroxylation sites is 1. The molecule has 1 aromatic heterocycles. The number of esters is 1. The van der Waals surface area contributed by atoms with Crippen LogP contribution >= 0.6 is 0 Å². The summed E-state index contributed by atoms with van der Waals surface area (Å²) < 4.78 is 5.38. The topological polar surface area (TPSA) is 95.6 Å². The fraction of sp³-hybridized carbons (Fsp3) is 0.385. The lowest BCUT2D eigenvalue weighted by atomic mass is 10.2. The number of aromatic nitrogens is 2. The molecule has 4 rings (SSSR count). The number of hydrogen-bond acceptors (Lipinski definition) is 6. The van der Waals surface area contributed by atoms with Crippen LogP contribution in [0.15, 0.2) is 59.4 Å². The molecule has 2 heterocycles. The summed E-state index contributed by atoms with van der Waals surface area (Å²) in [6.45, 7) is 5.31. The summed E-state index contributed by atoms with van der Waals surface area (Å²) in [6, 6.07) is 17.4. The van der Waals surface area contributed by atoms with E-state index in [1.165, 1.54) is 5.56 Å². The Kier molecular flexibility index (Phi) is 7.69. The van der Waals surface area contributed by atoms with Crippen LogP contribution in [0.2, 0.25) is 0 Å². The van der Waals surface area contributed by atoms with E-state index in [1.54, 1.807) is 30.0 Å². The quantitative estimate of drug-likeness (QED) is 0.517. The zero-order valence-corrected chi connectivity index (χ0v) is 19.4. The minimum Gasteiger partial charge on any atom is -0.453 e. The van der Waals surface area contributed by atoms with E-state index in [-0.39, 0.29) is 17.9 Å². The van der Waals surface area contributed by atoms with E-state index in [0.717, 1.165) is 19.6 Å². The first-order valence-corrected chi connectivity index (χ1v) is 11.7. The number of piperazine rings is 1. The Labute approximate surface area is 198 Å². The number of aryl methyl sites for hydroxylation is 1. The number of nitrogens with one attached hydrogen (secondary N) is 1. The maximum atomic E-state index is 12.7. The second kappa shape index (κ2) is 11.1. The molecular weight excluding hydrogens is 432 g/mol. The summed E-state index contributed by atoms with van der Waals surface area (Å²) in [4.78, 5) is 48.4. The molecule has 0 saturated carbocycles. The van der Waals surface area contributed by atoms with Gasteiger partial charge in [-0.15, -0.1) is 0 Å². The second-order valence-electron chi connectivity index (χ2n) is 8.60. The van der Waals surface area contributed by atoms with Crippen molar-refractivity contribution < 1.29 is 14.3 Å². The third-order valence-electron chi connectivity index (χ3n) is 6.05. The lowest BCUT2D eigenvalue weighted by molar-refractivity contribution is -0.160. The van der Waals surface area contributed by atoms with Gasteiger partial charge in [0, 0.05) is 45.6 Å². The van der Waals surface area contributed by atoms with Gasteiger partial charge >= 0.3 is 5.97 Å². The van der Waals surface area contributed by atoms with Crippen LogP contribution < -0.4 is 5.56 Å². The van der Waals surface area contributed by atoms with Crippen molar-refractivity contribution in [3.63, 3.8) is 0 Å². The van der Waals surface area contributed by atoms with Crippen LogP contribution in [0.25, 0.3) is 10.9 Å². The normalized spacial score (nSPS) is 15.3. The standard InChI is InChI=1S/C26H30N4O4/c1-19(26(33)30-16-14-29(15-17-30)18-20-8-3-2-4-9-20)34-24(31)13-7-12-23-27-22-11-6-5-10-21(22)25(32)28-23/h2-6,8-11,19H,7,12-18H2,1H3,(H,27,28,32). The molecule has 34 heavy (non-hydrogen) atoms. The van der Waals surface area contributed by atoms with Gasteiger partial charge in [-0.3, -0.25) is 19.3 Å². The largest absolute Gasteiger partial charge is 0.453 e. The fourth-order valence-corrected chi connectivity index (χ4v) is 4.19. The third-order valence-corrected chi connectivity index (χ3v) is 6.05. The second-order valence-corrected chi connectivity index (χ2v) is 8.60. The fourth-order valence-electron chi connectivity index (χ4n) is 4.19. The first kappa shape index (κ1) is 23.6. The Morgan fingerprint density at radius 2 is 1.74 bits per heavy atom. The molecule has 0 spiro atoms. The highest BCUT2D eigenvalue weighted by atomic mass is 16.5. The molecule has 1 N–H and O–H groups in total. The smallest absolute Gasteiger partial charge is 0.306 e. The first-order valence-electron chi connectivity index (χ1n) is 11.7. The van der Waals surface area contributed by atoms with Gasteiger partial charge in [0.05, 0.1) is 10.9 Å². The van der Waals surface area contributed by atoms with Gasteiger partial charge in [0.25, 0.3) is 11.5 Å². The van der Waals surface area contributed by atoms with Crippen molar-refractivity contribution in [2.45, 2.75) is 38.8 Å². The van der Waals surface area contributed by atoms with E-state index in [4.69, 9.17) is 4.74 Å². The number of carbonyl (C=O) groups excluding carboxylic acids is 2. The van der Waals surface area contributed by atoms with Crippen LogP contribution in [0.1, 0.15) is 31.2 Å². The molecule has 178 valence electrons. The summed E-state index contributed by atoms with van der Waals surface area (Å²) in [6.07, 6.45) is 0.255. The molecule has 1 saturated heterocycles. The van der Waals surface area contributed by atoms with Gasteiger partial charge < -0.3 is 14.6 Å². The molecule has 8 nitrogen and oxygen atoms in total. The molecule has 1 amide bonds. The number of fused-ring (bicyclic) bond motifs is 1. The molecule has 1 unspecified atom stereocenters. The minimum atomic E-state index is -0.813. The molecule has 1 aliphatic heterocycles. The SMILES string of the molecule is CC(OC(=O)CCCc1nc2ccccc2c(=O)[nH]1)C(=O)N1CCN(Cc2ccccc2)CC1. The molecular formula is C26H30N4O4. The zero-order chi connectivity index (χ0) is 23.9. The van der Waals surface area contributed by atoms with Crippen molar-refractivity contribution in [1.82, 2.24) is 19.8 Å². The van der Waals surface area contributed by atoms with E-state index in [1.807, 2.05) is 24.3 Å². The van der Waals surface area contributed by atoms with Crippen molar-refractivity contribution in [2.24, 2.45) is 0 Å². The molecule has 1 atom stereocenters. The Morgan fingerprint density at radius 1 is 1.03 bits per heavy atom. The average molecular weight is 463 g/mol. The van der Waals surface area contributed by atoms with Crippen molar-refractivity contribution in [3.8, 4) is 0 Å². The molecule has 1 aliphatic rings. The van der Waals surface area contributed by atoms with Crippen LogP contribution in [0.4, 0.5) is 0 Å². The molecule has 1 fully saturated rings. The first-order chi connectivity index (χ1) is 16.5. The summed E-state index contributed by atoms with van der Waals surface area (Å²) in [5, 5.41) is 0.541. The van der Waals surface area contributed by atoms with Crippen molar-refractivity contribution in [1.29, 1.82) is 0 Å². The molecule has 2 aromatic carbocycles. The monoisotopic (exact) mass is 462 g/mol. The van der Waals surface area contributed by atoms with Gasteiger partial charge in [-0.25, -0.2) is 4.98 Å². The third kappa shape index (κ3) is 6.08. The number of benzene rings is 2. The Bertz CT molecular complexity index is 1190. The molecule has 0 aliphatic carbocycles. The predicted molar refractivity (Wildman–Crippen MR) is 129 cm³/mol. The Hall–Kier alpha value is -3.52. The van der Waals surface area contributed by atoms with Gasteiger partial charge in [-0.05, 0) is 31.0 Å². The maximum Gasteiger partial charge on any atom is 0.306 e. The minimum absolute atomic E-state index is 0.152. The number of amides is 1. The van der Waals surface area contributed by atoms with Crippen LogP contribution in [0.3, 0.4) is 0 Å². The van der Waals surface area contributed by atoms with Crippen molar-refractivity contribution >= 4 is 22.8 Å². The lowest BCUT2D eigenvalue weighted by Gasteiger charge is -2.35. The molecule has 3 aromatic rings. The van der Waals surface area contributed by atoms with Gasteiger partial charge in [0.1, 0.15) is 5.82 Å². The van der Waals surface area contributed by atoms with Crippen molar-refractivity contribution in [2.75, 3.05) is 26.2 Å². The average Bonchev–Trinajstić information content (AvgIpc) is 2.85. The van der Waals surface area contributed by atoms with E-state index in [0.29, 0.717) is 42.7 Å². The molecule has 0 bridgehead atoms. The van der Waals surface area contributed by atoms with Gasteiger partial charge in [-0.1, -0.05) is 42.5 Å². The van der Waals surface area contributed by atoms with Gasteiger partial charge in [0.2, 0.25) is 0 Å². The number of H-pyrrole nitrogens is 1. The van der Waals surface area contributed by atoms with Crippen LogP contribution in [-0.2, 0) is 27.3 Å². The van der Waals surface area contributed by atoms with E-state index in [2.05, 4.69) is 27.0 Å². The zero-order valence-electron chi connectivity index (χ0n) is 19.4. The number of rotatable bonds is 8. The van der Waals surface area contributed by atoms with Crippen LogP contribution in [-0.4, -0.2) is 63.9 Å². The highest BCUT2D eigenvalue weighted by Crippen LogP contribution is 2.12. The van der Waals surface area contributed by atoms with E-state index in [9.17, 15) is 14.4 Å². The lowest BCUT2D eigenvalue weighted by Crippen LogP contribution is -2.51. The summed E-state index contributed by atoms with van der Waals surface area (Å²) >= 11 is 0. The Balaban J connectivity index is 1.19. The van der Waals surface area contributed by atoms with Crippen LogP contribution in [0.5, 0.6) is 0 Å². The number of nitrogens with zero attached hydrogens (tertiary/aromatic N) is 3. The highest BCUT2D eigenvalue weighted by Gasteiger charge is 2.27. The number of hydrogen-bond donors (Lipinski definition) is 1. The highest BCUT2D eigenvalue weighted by molar-refractivity contribution is 5.83. The summed E-state index contributed by atoms with van der Waals surface area (Å²) in [5.74, 6) is -0.0473. The summed E-state index contributed by atoms with van der Waals surface area (Å²) in [7, 11) is 0. The van der Waals surface area contributed by atoms with Gasteiger partial charge in [0.15, 0.2) is 6.10 Å². The van der Waals surface area contributed by atoms with Crippen LogP contribution in [0, 0.1) is 0 Å². The number of aromatic amines is 1. The summed E-state index contributed by atoms with van der Waals surface area (Å²) in [5.41, 5.74) is 1.70. The van der Waals surface area contributed by atoms with Gasteiger partial charge in [-0.2, -0.15) is 0 Å². The van der Waals surface area contributed by atoms with Crippen molar-refractivity contribution in [3.05, 3.63) is 76.3 Å². The number of ether oxygens (including phenoxy) is 1. The van der Waals surface area contributed by atoms with E-state index >= 15 is 0 Å². The molecule has 0 radical (unpaired) electrons. The maximum absolute atomic E-state index is 12.7. The molecule has 8 heteroatoms. The van der Waals surface area contributed by atoms with E-state index < -0.39 is 12.1 Å². The number of carbonyl (C=O) groups is 2.